The zero-order valence-corrected chi connectivity index (χ0v) is 12.6. The third-order valence-electron chi connectivity index (χ3n) is 2.40. The second kappa shape index (κ2) is 7.44. The smallest absolute Gasteiger partial charge is 0.333 e. The highest BCUT2D eigenvalue weighted by molar-refractivity contribution is 9.10. The quantitative estimate of drug-likeness (QED) is 0.653. The molecule has 98 valence electrons. The molecule has 0 radical (unpaired) electrons. The monoisotopic (exact) mass is 331 g/mol. The molecular weight excluding hydrogens is 318 g/mol. The summed E-state index contributed by atoms with van der Waals surface area (Å²) < 4.78 is 5.53. The van der Waals surface area contributed by atoms with Crippen LogP contribution in [0.5, 0.6) is 0 Å². The molecular formula is C13H15BrClNO2. The summed E-state index contributed by atoms with van der Waals surface area (Å²) in [5, 5.41) is 3.81. The fourth-order valence-corrected chi connectivity index (χ4v) is 1.83. The summed E-state index contributed by atoms with van der Waals surface area (Å²) in [5.41, 5.74) is 1.56. The van der Waals surface area contributed by atoms with Gasteiger partial charge in [0.2, 0.25) is 0 Å². The van der Waals surface area contributed by atoms with Crippen molar-refractivity contribution < 1.29 is 9.53 Å². The number of carbonyl (C=O) groups excluding carboxylic acids is 1. The van der Waals surface area contributed by atoms with Crippen LogP contribution in [-0.2, 0) is 9.53 Å². The molecule has 0 aliphatic carbocycles. The van der Waals surface area contributed by atoms with E-state index in [9.17, 15) is 4.79 Å². The standard InChI is InChI=1S/C13H15BrClNO2/c1-3-9(13(17)18-2)6-7-16-10-4-5-11(14)12(15)8-10/h4-6,8,16H,3,7H2,1-2H3/b9-6-. The Hall–Kier alpha value is -1.00. The minimum Gasteiger partial charge on any atom is -0.466 e. The molecule has 0 atom stereocenters. The number of methoxy groups -OCH3 is 1. The molecule has 0 spiro atoms. The van der Waals surface area contributed by atoms with Gasteiger partial charge in [-0.25, -0.2) is 4.79 Å². The van der Waals surface area contributed by atoms with E-state index >= 15 is 0 Å². The summed E-state index contributed by atoms with van der Waals surface area (Å²) >= 11 is 9.31. The Morgan fingerprint density at radius 2 is 2.28 bits per heavy atom. The fourth-order valence-electron chi connectivity index (χ4n) is 1.40. The molecule has 0 bridgehead atoms. The minimum absolute atomic E-state index is 0.284. The summed E-state index contributed by atoms with van der Waals surface area (Å²) in [6, 6.07) is 5.60. The second-order valence-electron chi connectivity index (χ2n) is 3.58. The Bertz CT molecular complexity index is 460. The van der Waals surface area contributed by atoms with E-state index in [1.807, 2.05) is 31.2 Å². The summed E-state index contributed by atoms with van der Waals surface area (Å²) in [4.78, 5) is 11.3. The summed E-state index contributed by atoms with van der Waals surface area (Å²) in [6.07, 6.45) is 2.47. The SMILES string of the molecule is CC/C(=C/CNc1ccc(Br)c(Cl)c1)C(=O)OC. The number of ether oxygens (including phenoxy) is 1. The molecule has 0 unspecified atom stereocenters. The van der Waals surface area contributed by atoms with E-state index in [-0.39, 0.29) is 5.97 Å². The lowest BCUT2D eigenvalue weighted by Crippen LogP contribution is -2.07. The van der Waals surface area contributed by atoms with Crippen molar-refractivity contribution in [1.29, 1.82) is 0 Å². The van der Waals surface area contributed by atoms with Crippen LogP contribution in [0, 0.1) is 0 Å². The number of hydrogen-bond acceptors (Lipinski definition) is 3. The molecule has 18 heavy (non-hydrogen) atoms. The van der Waals surface area contributed by atoms with Crippen LogP contribution in [0.2, 0.25) is 5.02 Å². The summed E-state index contributed by atoms with van der Waals surface area (Å²) in [6.45, 7) is 2.47. The number of esters is 1. The molecule has 0 saturated carbocycles. The highest BCUT2D eigenvalue weighted by atomic mass is 79.9. The van der Waals surface area contributed by atoms with Crippen molar-refractivity contribution in [2.24, 2.45) is 0 Å². The number of benzene rings is 1. The molecule has 1 rings (SSSR count). The Labute approximate surface area is 120 Å². The van der Waals surface area contributed by atoms with Crippen LogP contribution in [0.3, 0.4) is 0 Å². The Morgan fingerprint density at radius 3 is 2.83 bits per heavy atom. The highest BCUT2D eigenvalue weighted by Gasteiger charge is 2.05. The molecule has 0 aliphatic rings. The van der Waals surface area contributed by atoms with Gasteiger partial charge in [0.05, 0.1) is 12.1 Å². The maximum Gasteiger partial charge on any atom is 0.333 e. The maximum atomic E-state index is 11.3. The van der Waals surface area contributed by atoms with Gasteiger partial charge in [-0.1, -0.05) is 24.6 Å². The lowest BCUT2D eigenvalue weighted by molar-refractivity contribution is -0.136. The molecule has 1 N–H and O–H groups in total. The second-order valence-corrected chi connectivity index (χ2v) is 4.85. The van der Waals surface area contributed by atoms with Crippen LogP contribution in [0.15, 0.2) is 34.3 Å². The fraction of sp³-hybridized carbons (Fsp3) is 0.308. The van der Waals surface area contributed by atoms with Gasteiger partial charge in [0.25, 0.3) is 0 Å². The predicted octanol–water partition coefficient (Wildman–Crippen LogP) is 4.02. The minimum atomic E-state index is -0.284. The van der Waals surface area contributed by atoms with Crippen molar-refractivity contribution >= 4 is 39.2 Å². The molecule has 0 fully saturated rings. The lowest BCUT2D eigenvalue weighted by Gasteiger charge is -2.06. The van der Waals surface area contributed by atoms with Gasteiger partial charge in [-0.15, -0.1) is 0 Å². The van der Waals surface area contributed by atoms with Crippen LogP contribution in [0.4, 0.5) is 5.69 Å². The topological polar surface area (TPSA) is 38.3 Å². The summed E-state index contributed by atoms with van der Waals surface area (Å²) in [7, 11) is 1.38. The van der Waals surface area contributed by atoms with Crippen LogP contribution in [0.1, 0.15) is 13.3 Å². The average Bonchev–Trinajstić information content (AvgIpc) is 2.38. The zero-order valence-electron chi connectivity index (χ0n) is 10.3. The largest absolute Gasteiger partial charge is 0.466 e. The van der Waals surface area contributed by atoms with Gasteiger partial charge < -0.3 is 10.1 Å². The first kappa shape index (κ1) is 15.1. The first-order valence-corrected chi connectivity index (χ1v) is 6.71. The predicted molar refractivity (Wildman–Crippen MR) is 78.0 cm³/mol. The van der Waals surface area contributed by atoms with Gasteiger partial charge in [0.1, 0.15) is 0 Å². The third kappa shape index (κ3) is 4.35. The average molecular weight is 333 g/mol. The Morgan fingerprint density at radius 1 is 1.56 bits per heavy atom. The molecule has 3 nitrogen and oxygen atoms in total. The van der Waals surface area contributed by atoms with Crippen molar-refractivity contribution in [2.45, 2.75) is 13.3 Å². The number of nitrogens with one attached hydrogen (secondary N) is 1. The molecule has 0 saturated heterocycles. The lowest BCUT2D eigenvalue weighted by atomic mass is 10.2. The van der Waals surface area contributed by atoms with E-state index in [0.717, 1.165) is 10.2 Å². The molecule has 0 heterocycles. The number of anilines is 1. The molecule has 0 aliphatic heterocycles. The van der Waals surface area contributed by atoms with Crippen LogP contribution >= 0.6 is 27.5 Å². The van der Waals surface area contributed by atoms with Crippen molar-refractivity contribution in [3.8, 4) is 0 Å². The Balaban J connectivity index is 2.62. The number of rotatable bonds is 5. The van der Waals surface area contributed by atoms with Crippen LogP contribution < -0.4 is 5.32 Å². The van der Waals surface area contributed by atoms with Crippen molar-refractivity contribution in [2.75, 3.05) is 19.0 Å². The molecule has 1 aromatic rings. The van der Waals surface area contributed by atoms with Crippen molar-refractivity contribution in [3.05, 3.63) is 39.3 Å². The van der Waals surface area contributed by atoms with Gasteiger partial charge in [0.15, 0.2) is 0 Å². The van der Waals surface area contributed by atoms with E-state index in [1.54, 1.807) is 0 Å². The van der Waals surface area contributed by atoms with E-state index in [2.05, 4.69) is 26.0 Å². The van der Waals surface area contributed by atoms with Crippen LogP contribution in [-0.4, -0.2) is 19.6 Å². The molecule has 5 heteroatoms. The van der Waals surface area contributed by atoms with Gasteiger partial charge >= 0.3 is 5.97 Å². The van der Waals surface area contributed by atoms with Gasteiger partial charge in [-0.2, -0.15) is 0 Å². The van der Waals surface area contributed by atoms with Gasteiger partial charge in [-0.05, 0) is 40.5 Å². The first-order chi connectivity index (χ1) is 8.58. The van der Waals surface area contributed by atoms with E-state index in [0.29, 0.717) is 23.6 Å². The third-order valence-corrected chi connectivity index (χ3v) is 3.64. The van der Waals surface area contributed by atoms with Crippen molar-refractivity contribution in [3.63, 3.8) is 0 Å². The number of halogens is 2. The molecule has 1 aromatic carbocycles. The highest BCUT2D eigenvalue weighted by Crippen LogP contribution is 2.25. The number of hydrogen-bond donors (Lipinski definition) is 1. The molecule has 0 aromatic heterocycles. The van der Waals surface area contributed by atoms with Crippen molar-refractivity contribution in [1.82, 2.24) is 0 Å². The maximum absolute atomic E-state index is 11.3. The van der Waals surface area contributed by atoms with E-state index < -0.39 is 0 Å². The van der Waals surface area contributed by atoms with E-state index in [1.165, 1.54) is 7.11 Å². The van der Waals surface area contributed by atoms with Crippen LogP contribution in [0.25, 0.3) is 0 Å². The summed E-state index contributed by atoms with van der Waals surface area (Å²) in [5.74, 6) is -0.284. The zero-order chi connectivity index (χ0) is 13.5. The first-order valence-electron chi connectivity index (χ1n) is 5.54. The van der Waals surface area contributed by atoms with E-state index in [4.69, 9.17) is 11.6 Å². The normalized spacial score (nSPS) is 11.2. The van der Waals surface area contributed by atoms with Gasteiger partial charge in [0, 0.05) is 22.3 Å². The number of carbonyl (C=O) groups is 1. The van der Waals surface area contributed by atoms with Gasteiger partial charge in [-0.3, -0.25) is 0 Å². The Kier molecular flexibility index (Phi) is 6.22. The molecule has 0 amide bonds.